The Morgan fingerprint density at radius 2 is 1.52 bits per heavy atom. The molecule has 0 unspecified atom stereocenters. The van der Waals surface area contributed by atoms with Crippen LogP contribution in [-0.2, 0) is 19.1 Å². The summed E-state index contributed by atoms with van der Waals surface area (Å²) < 4.78 is 6.63. The van der Waals surface area contributed by atoms with Gasteiger partial charge in [-0.1, -0.05) is 17.7 Å². The Kier molecular flexibility index (Phi) is 7.25. The number of halogens is 2. The average Bonchev–Trinajstić information content (AvgIpc) is 2.54. The zero-order valence-corrected chi connectivity index (χ0v) is 16.8. The molecule has 148 valence electrons. The van der Waals surface area contributed by atoms with Crippen molar-refractivity contribution in [1.82, 2.24) is 0 Å². The molecule has 1 heterocycles. The molecule has 3 N–H and O–H groups in total. The normalized spacial score (nSPS) is 27.9. The summed E-state index contributed by atoms with van der Waals surface area (Å²) in [6, 6.07) is 5.06. The van der Waals surface area contributed by atoms with Gasteiger partial charge in [0.05, 0.1) is 30.1 Å². The fraction of sp³-hybridized carbons (Fsp3) is 0.500. The molecule has 0 amide bonds. The maximum absolute atomic E-state index is 11.5. The summed E-state index contributed by atoms with van der Waals surface area (Å²) in [7, 11) is 0. The highest BCUT2D eigenvalue weighted by molar-refractivity contribution is 9.10. The molecule has 0 aliphatic carbocycles. The van der Waals surface area contributed by atoms with Crippen LogP contribution in [0.3, 0.4) is 0 Å². The summed E-state index contributed by atoms with van der Waals surface area (Å²) >= 11 is 9.35. The van der Waals surface area contributed by atoms with Crippen molar-refractivity contribution in [3.8, 4) is 0 Å². The molecule has 1 aliphatic heterocycles. The lowest BCUT2D eigenvalue weighted by atomic mass is 9.68. The third-order valence-electron chi connectivity index (χ3n) is 4.96. The Hall–Kier alpha value is -1.64. The van der Waals surface area contributed by atoms with Crippen LogP contribution < -0.4 is 0 Å². The van der Waals surface area contributed by atoms with E-state index in [2.05, 4.69) is 15.9 Å². The number of carboxylic acid groups (broad SMARTS) is 3. The van der Waals surface area contributed by atoms with Gasteiger partial charge in [0, 0.05) is 16.8 Å². The Balaban J connectivity index is 2.48. The van der Waals surface area contributed by atoms with Crippen molar-refractivity contribution in [2.45, 2.75) is 38.4 Å². The van der Waals surface area contributed by atoms with Crippen molar-refractivity contribution in [2.75, 3.05) is 0 Å². The molecule has 7 nitrogen and oxygen atoms in total. The predicted molar refractivity (Wildman–Crippen MR) is 99.7 cm³/mol. The van der Waals surface area contributed by atoms with Crippen LogP contribution in [-0.4, -0.2) is 39.3 Å². The maximum Gasteiger partial charge on any atom is 0.303 e. The van der Waals surface area contributed by atoms with E-state index in [-0.39, 0.29) is 19.3 Å². The lowest BCUT2D eigenvalue weighted by Crippen LogP contribution is -2.45. The van der Waals surface area contributed by atoms with Gasteiger partial charge in [-0.2, -0.15) is 0 Å². The van der Waals surface area contributed by atoms with Gasteiger partial charge in [-0.15, -0.1) is 0 Å². The second-order valence-corrected chi connectivity index (χ2v) is 7.98. The number of benzene rings is 1. The summed E-state index contributed by atoms with van der Waals surface area (Å²) in [6.45, 7) is 1.69. The summed E-state index contributed by atoms with van der Waals surface area (Å²) in [5.41, 5.74) is 0.661. The summed E-state index contributed by atoms with van der Waals surface area (Å²) in [5, 5.41) is 28.4. The molecule has 27 heavy (non-hydrogen) atoms. The van der Waals surface area contributed by atoms with Crippen LogP contribution in [0.2, 0.25) is 5.02 Å². The molecule has 1 aromatic carbocycles. The Morgan fingerprint density at radius 3 is 2.04 bits per heavy atom. The highest BCUT2D eigenvalue weighted by atomic mass is 79.9. The molecule has 9 heteroatoms. The van der Waals surface area contributed by atoms with Gasteiger partial charge in [0.1, 0.15) is 0 Å². The Labute approximate surface area is 169 Å². The first kappa shape index (κ1) is 21.7. The van der Waals surface area contributed by atoms with Crippen LogP contribution in [0.25, 0.3) is 0 Å². The van der Waals surface area contributed by atoms with Crippen LogP contribution in [0.1, 0.15) is 37.9 Å². The molecular formula is C18H20BrClO7. The standard InChI is InChI=1S/C18H20BrClO7/c1-8-10(5-15(21)22)11(6-16(23)24)12(7-17(25)26)18(27-8)9-2-3-14(20)13(19)4-9/h2-4,8,10-12,18H,5-7H2,1H3,(H,21,22)(H,23,24)(H,25,26)/t8-,10+,11+,12+,18-/m1/s1. The van der Waals surface area contributed by atoms with Gasteiger partial charge in [-0.25, -0.2) is 0 Å². The minimum Gasteiger partial charge on any atom is -0.481 e. The molecule has 1 aromatic rings. The first-order chi connectivity index (χ1) is 12.6. The average molecular weight is 464 g/mol. The summed E-state index contributed by atoms with van der Waals surface area (Å²) in [5.74, 6) is -5.22. The van der Waals surface area contributed by atoms with E-state index in [1.807, 2.05) is 0 Å². The highest BCUT2D eigenvalue weighted by Gasteiger charge is 2.46. The number of hydrogen-bond donors (Lipinski definition) is 3. The molecule has 0 spiro atoms. The molecule has 0 aromatic heterocycles. The van der Waals surface area contributed by atoms with Crippen molar-refractivity contribution in [1.29, 1.82) is 0 Å². The second kappa shape index (κ2) is 9.03. The van der Waals surface area contributed by atoms with Crippen molar-refractivity contribution < 1.29 is 34.4 Å². The van der Waals surface area contributed by atoms with Gasteiger partial charge in [0.15, 0.2) is 0 Å². The fourth-order valence-corrected chi connectivity index (χ4v) is 4.34. The minimum atomic E-state index is -1.10. The van der Waals surface area contributed by atoms with Gasteiger partial charge in [0.2, 0.25) is 0 Å². The number of carboxylic acids is 3. The SMILES string of the molecule is C[C@H]1O[C@H](c2ccc(Cl)c(Br)c2)[C@@H](CC(=O)O)[C@@H](CC(=O)O)[C@H]1CC(=O)O. The number of carbonyl (C=O) groups is 3. The number of aliphatic carboxylic acids is 3. The maximum atomic E-state index is 11.5. The quantitative estimate of drug-likeness (QED) is 0.562. The van der Waals surface area contributed by atoms with Crippen LogP contribution >= 0.6 is 27.5 Å². The first-order valence-corrected chi connectivity index (χ1v) is 9.53. The second-order valence-electron chi connectivity index (χ2n) is 6.72. The molecule has 1 saturated heterocycles. The van der Waals surface area contributed by atoms with Crippen molar-refractivity contribution in [3.05, 3.63) is 33.3 Å². The molecule has 0 radical (unpaired) electrons. The van der Waals surface area contributed by atoms with Crippen molar-refractivity contribution >= 4 is 45.4 Å². The first-order valence-electron chi connectivity index (χ1n) is 8.36. The molecule has 2 rings (SSSR count). The van der Waals surface area contributed by atoms with E-state index in [1.54, 1.807) is 25.1 Å². The van der Waals surface area contributed by atoms with Crippen LogP contribution in [0, 0.1) is 17.8 Å². The molecule has 0 saturated carbocycles. The van der Waals surface area contributed by atoms with E-state index in [1.165, 1.54) is 0 Å². The van der Waals surface area contributed by atoms with E-state index < -0.39 is 47.9 Å². The van der Waals surface area contributed by atoms with Crippen LogP contribution in [0.15, 0.2) is 22.7 Å². The number of hydrogen-bond acceptors (Lipinski definition) is 4. The van der Waals surface area contributed by atoms with E-state index in [0.717, 1.165) is 0 Å². The van der Waals surface area contributed by atoms with E-state index in [4.69, 9.17) is 16.3 Å². The minimum absolute atomic E-state index is 0.285. The molecule has 5 atom stereocenters. The fourth-order valence-electron chi connectivity index (χ4n) is 3.82. The van der Waals surface area contributed by atoms with Crippen LogP contribution in [0.5, 0.6) is 0 Å². The Bertz CT molecular complexity index is 738. The largest absolute Gasteiger partial charge is 0.481 e. The molecule has 1 fully saturated rings. The van der Waals surface area contributed by atoms with Gasteiger partial charge in [0.25, 0.3) is 0 Å². The third kappa shape index (κ3) is 5.43. The van der Waals surface area contributed by atoms with Crippen molar-refractivity contribution in [2.24, 2.45) is 17.8 Å². The topological polar surface area (TPSA) is 121 Å². The zero-order valence-electron chi connectivity index (χ0n) is 14.5. The van der Waals surface area contributed by atoms with Gasteiger partial charge in [-0.05, 0) is 52.4 Å². The van der Waals surface area contributed by atoms with Gasteiger partial charge in [-0.3, -0.25) is 14.4 Å². The lowest BCUT2D eigenvalue weighted by molar-refractivity contribution is -0.172. The summed E-state index contributed by atoms with van der Waals surface area (Å²) in [4.78, 5) is 34.1. The summed E-state index contributed by atoms with van der Waals surface area (Å²) in [6.07, 6.45) is -2.17. The number of rotatable bonds is 7. The Morgan fingerprint density at radius 1 is 1.00 bits per heavy atom. The molecular weight excluding hydrogens is 444 g/mol. The van der Waals surface area contributed by atoms with Crippen LogP contribution in [0.4, 0.5) is 0 Å². The highest BCUT2D eigenvalue weighted by Crippen LogP contribution is 2.48. The van der Waals surface area contributed by atoms with E-state index >= 15 is 0 Å². The van der Waals surface area contributed by atoms with Gasteiger partial charge >= 0.3 is 17.9 Å². The molecule has 0 bridgehead atoms. The van der Waals surface area contributed by atoms with Gasteiger partial charge < -0.3 is 20.1 Å². The monoisotopic (exact) mass is 462 g/mol. The van der Waals surface area contributed by atoms with E-state index in [0.29, 0.717) is 15.1 Å². The zero-order chi connectivity index (χ0) is 20.3. The number of ether oxygens (including phenoxy) is 1. The predicted octanol–water partition coefficient (Wildman–Crippen LogP) is 3.84. The lowest BCUT2D eigenvalue weighted by Gasteiger charge is -2.45. The smallest absolute Gasteiger partial charge is 0.303 e. The molecule has 1 aliphatic rings. The van der Waals surface area contributed by atoms with E-state index in [9.17, 15) is 29.7 Å². The third-order valence-corrected chi connectivity index (χ3v) is 6.17. The van der Waals surface area contributed by atoms with Crippen molar-refractivity contribution in [3.63, 3.8) is 0 Å².